The SMILES string of the molecule is CSc1ncc(Cl)c(C(=O)NC(CO)CC(C)C)n1. The van der Waals surface area contributed by atoms with Crippen LogP contribution in [0.1, 0.15) is 30.8 Å². The maximum atomic E-state index is 12.1. The minimum atomic E-state index is -0.387. The molecule has 1 unspecified atom stereocenters. The van der Waals surface area contributed by atoms with Gasteiger partial charge in [-0.15, -0.1) is 0 Å². The number of hydrogen-bond acceptors (Lipinski definition) is 5. The van der Waals surface area contributed by atoms with Crippen LogP contribution >= 0.6 is 23.4 Å². The number of carbonyl (C=O) groups excluding carboxylic acids is 1. The molecule has 2 N–H and O–H groups in total. The summed E-state index contributed by atoms with van der Waals surface area (Å²) in [5.74, 6) is -0.0116. The van der Waals surface area contributed by atoms with E-state index in [1.54, 1.807) is 0 Å². The van der Waals surface area contributed by atoms with Crippen molar-refractivity contribution in [2.45, 2.75) is 31.5 Å². The summed E-state index contributed by atoms with van der Waals surface area (Å²) >= 11 is 7.26. The molecular formula is C12H18ClN3O2S. The lowest BCUT2D eigenvalue weighted by Crippen LogP contribution is -2.39. The summed E-state index contributed by atoms with van der Waals surface area (Å²) in [6.45, 7) is 3.94. The monoisotopic (exact) mass is 303 g/mol. The van der Waals surface area contributed by atoms with Gasteiger partial charge in [0.1, 0.15) is 0 Å². The molecule has 0 aliphatic rings. The smallest absolute Gasteiger partial charge is 0.271 e. The molecule has 7 heteroatoms. The predicted molar refractivity (Wildman–Crippen MR) is 76.6 cm³/mol. The van der Waals surface area contributed by atoms with Crippen LogP contribution in [0.15, 0.2) is 11.4 Å². The van der Waals surface area contributed by atoms with Gasteiger partial charge in [0, 0.05) is 0 Å². The molecule has 1 rings (SSSR count). The average molecular weight is 304 g/mol. The van der Waals surface area contributed by atoms with Gasteiger partial charge in [-0.1, -0.05) is 37.2 Å². The van der Waals surface area contributed by atoms with Crippen LogP contribution in [-0.2, 0) is 0 Å². The number of nitrogens with zero attached hydrogens (tertiary/aromatic N) is 2. The first-order valence-corrected chi connectivity index (χ1v) is 7.56. The second kappa shape index (κ2) is 7.67. The van der Waals surface area contributed by atoms with E-state index >= 15 is 0 Å². The van der Waals surface area contributed by atoms with Crippen molar-refractivity contribution >= 4 is 29.3 Å². The normalized spacial score (nSPS) is 12.5. The Bertz CT molecular complexity index is 443. The third kappa shape index (κ3) is 4.97. The number of halogens is 1. The predicted octanol–water partition coefficient (Wildman–Crippen LogP) is 1.99. The van der Waals surface area contributed by atoms with Gasteiger partial charge >= 0.3 is 0 Å². The van der Waals surface area contributed by atoms with Crippen LogP contribution in [-0.4, -0.2) is 39.9 Å². The summed E-state index contributed by atoms with van der Waals surface area (Å²) in [6, 6.07) is -0.295. The molecule has 106 valence electrons. The van der Waals surface area contributed by atoms with Crippen molar-refractivity contribution in [3.05, 3.63) is 16.9 Å². The van der Waals surface area contributed by atoms with Gasteiger partial charge in [0.05, 0.1) is 23.9 Å². The van der Waals surface area contributed by atoms with Gasteiger partial charge in [0.2, 0.25) is 0 Å². The first kappa shape index (κ1) is 16.2. The van der Waals surface area contributed by atoms with Crippen molar-refractivity contribution in [3.8, 4) is 0 Å². The minimum Gasteiger partial charge on any atom is -0.394 e. The third-order valence-corrected chi connectivity index (χ3v) is 3.27. The molecular weight excluding hydrogens is 286 g/mol. The minimum absolute atomic E-state index is 0.109. The highest BCUT2D eigenvalue weighted by Crippen LogP contribution is 2.17. The first-order valence-electron chi connectivity index (χ1n) is 5.96. The van der Waals surface area contributed by atoms with Crippen molar-refractivity contribution in [3.63, 3.8) is 0 Å². The highest BCUT2D eigenvalue weighted by molar-refractivity contribution is 7.98. The fraction of sp³-hybridized carbons (Fsp3) is 0.583. The Morgan fingerprint density at radius 3 is 2.79 bits per heavy atom. The lowest BCUT2D eigenvalue weighted by atomic mass is 10.0. The fourth-order valence-corrected chi connectivity index (χ4v) is 2.13. The van der Waals surface area contributed by atoms with Crippen molar-refractivity contribution in [1.82, 2.24) is 15.3 Å². The lowest BCUT2D eigenvalue weighted by Gasteiger charge is -2.18. The zero-order valence-electron chi connectivity index (χ0n) is 11.2. The molecule has 1 amide bonds. The molecule has 0 spiro atoms. The van der Waals surface area contributed by atoms with Gasteiger partial charge in [-0.25, -0.2) is 9.97 Å². The number of aliphatic hydroxyl groups excluding tert-OH is 1. The Morgan fingerprint density at radius 1 is 1.58 bits per heavy atom. The summed E-state index contributed by atoms with van der Waals surface area (Å²) in [5.41, 5.74) is 0.142. The molecule has 1 aromatic heterocycles. The van der Waals surface area contributed by atoms with Crippen molar-refractivity contribution in [1.29, 1.82) is 0 Å². The molecule has 0 saturated carbocycles. The highest BCUT2D eigenvalue weighted by Gasteiger charge is 2.18. The fourth-order valence-electron chi connectivity index (χ4n) is 1.61. The largest absolute Gasteiger partial charge is 0.394 e. The van der Waals surface area contributed by atoms with Gasteiger partial charge in [-0.05, 0) is 18.6 Å². The molecule has 0 bridgehead atoms. The second-order valence-electron chi connectivity index (χ2n) is 4.54. The van der Waals surface area contributed by atoms with E-state index in [0.29, 0.717) is 17.5 Å². The molecule has 0 fully saturated rings. The van der Waals surface area contributed by atoms with Crippen LogP contribution in [0.3, 0.4) is 0 Å². The molecule has 0 radical (unpaired) electrons. The summed E-state index contributed by atoms with van der Waals surface area (Å²) in [5, 5.41) is 12.7. The number of carbonyl (C=O) groups is 1. The molecule has 19 heavy (non-hydrogen) atoms. The van der Waals surface area contributed by atoms with E-state index in [0.717, 1.165) is 0 Å². The van der Waals surface area contributed by atoms with Crippen LogP contribution in [0.5, 0.6) is 0 Å². The Balaban J connectivity index is 2.81. The van der Waals surface area contributed by atoms with E-state index in [2.05, 4.69) is 15.3 Å². The van der Waals surface area contributed by atoms with Crippen molar-refractivity contribution in [2.75, 3.05) is 12.9 Å². The van der Waals surface area contributed by atoms with Gasteiger partial charge in [-0.3, -0.25) is 4.79 Å². The van der Waals surface area contributed by atoms with Crippen molar-refractivity contribution in [2.24, 2.45) is 5.92 Å². The van der Waals surface area contributed by atoms with E-state index in [9.17, 15) is 9.90 Å². The van der Waals surface area contributed by atoms with Gasteiger partial charge in [0.25, 0.3) is 5.91 Å². The Kier molecular flexibility index (Phi) is 6.54. The number of aromatic nitrogens is 2. The van der Waals surface area contributed by atoms with E-state index < -0.39 is 0 Å². The van der Waals surface area contributed by atoms with Gasteiger partial charge < -0.3 is 10.4 Å². The quantitative estimate of drug-likeness (QED) is 0.621. The summed E-state index contributed by atoms with van der Waals surface area (Å²) in [4.78, 5) is 20.1. The standard InChI is InChI=1S/C12H18ClN3O2S/c1-7(2)4-8(6-17)15-11(18)10-9(13)5-14-12(16-10)19-3/h5,7-8,17H,4,6H2,1-3H3,(H,15,18). The van der Waals surface area contributed by atoms with Crippen LogP contribution in [0.2, 0.25) is 5.02 Å². The highest BCUT2D eigenvalue weighted by atomic mass is 35.5. The van der Waals surface area contributed by atoms with E-state index in [-0.39, 0.29) is 29.3 Å². The second-order valence-corrected chi connectivity index (χ2v) is 5.72. The third-order valence-electron chi connectivity index (χ3n) is 2.43. The van der Waals surface area contributed by atoms with E-state index in [4.69, 9.17) is 11.6 Å². The topological polar surface area (TPSA) is 75.1 Å². The van der Waals surface area contributed by atoms with E-state index in [1.807, 2.05) is 20.1 Å². The maximum absolute atomic E-state index is 12.1. The van der Waals surface area contributed by atoms with Crippen molar-refractivity contribution < 1.29 is 9.90 Å². The number of aliphatic hydroxyl groups is 1. The van der Waals surface area contributed by atoms with Crippen LogP contribution in [0.25, 0.3) is 0 Å². The lowest BCUT2D eigenvalue weighted by molar-refractivity contribution is 0.0902. The molecule has 5 nitrogen and oxygen atoms in total. The number of amides is 1. The van der Waals surface area contributed by atoms with Crippen LogP contribution in [0.4, 0.5) is 0 Å². The number of hydrogen-bond donors (Lipinski definition) is 2. The Hall–Kier alpha value is -0.850. The molecule has 0 aromatic carbocycles. The summed E-state index contributed by atoms with van der Waals surface area (Å²) in [6.07, 6.45) is 3.92. The zero-order chi connectivity index (χ0) is 14.4. The zero-order valence-corrected chi connectivity index (χ0v) is 12.8. The summed E-state index contributed by atoms with van der Waals surface area (Å²) in [7, 11) is 0. The number of thioether (sulfide) groups is 1. The Labute approximate surface area is 122 Å². The van der Waals surface area contributed by atoms with E-state index in [1.165, 1.54) is 18.0 Å². The molecule has 0 saturated heterocycles. The van der Waals surface area contributed by atoms with Gasteiger partial charge in [0.15, 0.2) is 10.9 Å². The molecule has 1 atom stereocenters. The van der Waals surface area contributed by atoms with Crippen LogP contribution < -0.4 is 5.32 Å². The summed E-state index contributed by atoms with van der Waals surface area (Å²) < 4.78 is 0. The number of nitrogens with one attached hydrogen (secondary N) is 1. The average Bonchev–Trinajstić information content (AvgIpc) is 2.37. The maximum Gasteiger partial charge on any atom is 0.271 e. The molecule has 0 aliphatic carbocycles. The number of rotatable bonds is 6. The molecule has 1 aromatic rings. The first-order chi connectivity index (χ1) is 8.97. The molecule has 1 heterocycles. The van der Waals surface area contributed by atoms with Crippen LogP contribution in [0, 0.1) is 5.92 Å². The Morgan fingerprint density at radius 2 is 2.26 bits per heavy atom. The molecule has 0 aliphatic heterocycles. The van der Waals surface area contributed by atoms with Gasteiger partial charge in [-0.2, -0.15) is 0 Å².